The Kier molecular flexibility index (Phi) is 6.95. The molecule has 7 nitrogen and oxygen atoms in total. The van der Waals surface area contributed by atoms with Crippen LogP contribution < -0.4 is 5.32 Å². The van der Waals surface area contributed by atoms with Crippen LogP contribution in [-0.4, -0.2) is 49.9 Å². The Labute approximate surface area is 199 Å². The van der Waals surface area contributed by atoms with Crippen molar-refractivity contribution in [1.82, 2.24) is 24.8 Å². The number of halogens is 4. The van der Waals surface area contributed by atoms with Gasteiger partial charge in [0.1, 0.15) is 5.82 Å². The van der Waals surface area contributed by atoms with E-state index in [0.29, 0.717) is 24.5 Å². The molecule has 0 saturated carbocycles. The number of alkyl halides is 3. The van der Waals surface area contributed by atoms with Gasteiger partial charge in [0.25, 0.3) is 5.91 Å². The number of hydrogen-bond donors (Lipinski definition) is 1. The molecule has 35 heavy (non-hydrogen) atoms. The average molecular weight is 488 g/mol. The molecule has 1 aliphatic heterocycles. The van der Waals surface area contributed by atoms with E-state index in [1.165, 1.54) is 12.4 Å². The number of carbonyl (C=O) groups is 1. The van der Waals surface area contributed by atoms with Gasteiger partial charge >= 0.3 is 6.18 Å². The van der Waals surface area contributed by atoms with Gasteiger partial charge in [0.2, 0.25) is 5.95 Å². The van der Waals surface area contributed by atoms with Crippen LogP contribution >= 0.6 is 0 Å². The number of nitrogens with zero attached hydrogens (tertiary/aromatic N) is 5. The summed E-state index contributed by atoms with van der Waals surface area (Å²) in [5.41, 5.74) is -0.368. The predicted molar refractivity (Wildman–Crippen MR) is 121 cm³/mol. The molecule has 4 rings (SSSR count). The lowest BCUT2D eigenvalue weighted by Crippen LogP contribution is -2.51. The fourth-order valence-electron chi connectivity index (χ4n) is 4.23. The highest BCUT2D eigenvalue weighted by atomic mass is 19.4. The number of anilines is 1. The minimum Gasteiger partial charge on any atom is -0.352 e. The Balaban J connectivity index is 1.60. The summed E-state index contributed by atoms with van der Waals surface area (Å²) in [6.07, 6.45) is 1.50. The van der Waals surface area contributed by atoms with E-state index < -0.39 is 17.6 Å². The number of aromatic nitrogens is 4. The molecule has 1 aliphatic rings. The van der Waals surface area contributed by atoms with Crippen molar-refractivity contribution >= 4 is 11.9 Å². The van der Waals surface area contributed by atoms with Crippen LogP contribution in [0.25, 0.3) is 11.4 Å². The van der Waals surface area contributed by atoms with Gasteiger partial charge in [-0.25, -0.2) is 24.3 Å². The van der Waals surface area contributed by atoms with Gasteiger partial charge in [-0.3, -0.25) is 4.79 Å². The van der Waals surface area contributed by atoms with Crippen molar-refractivity contribution in [3.63, 3.8) is 0 Å². The molecule has 0 radical (unpaired) electrons. The third-order valence-electron chi connectivity index (χ3n) is 6.18. The van der Waals surface area contributed by atoms with Gasteiger partial charge in [0.15, 0.2) is 5.82 Å². The van der Waals surface area contributed by atoms with Crippen LogP contribution in [0.5, 0.6) is 0 Å². The first kappa shape index (κ1) is 24.5. The number of likely N-dealkylation sites (tertiary alicyclic amines) is 1. The monoisotopic (exact) mass is 488 g/mol. The van der Waals surface area contributed by atoms with Crippen LogP contribution in [0.2, 0.25) is 0 Å². The number of benzene rings is 1. The Hall–Kier alpha value is -3.63. The second-order valence-corrected chi connectivity index (χ2v) is 8.55. The number of nitrogens with one attached hydrogen (secondary N) is 1. The van der Waals surface area contributed by atoms with E-state index in [9.17, 15) is 18.0 Å². The summed E-state index contributed by atoms with van der Waals surface area (Å²) in [4.78, 5) is 31.1. The molecule has 1 fully saturated rings. The molecule has 1 saturated heterocycles. The highest BCUT2D eigenvalue weighted by Crippen LogP contribution is 2.31. The highest BCUT2D eigenvalue weighted by molar-refractivity contribution is 6.00. The zero-order valence-electron chi connectivity index (χ0n) is 19.2. The lowest BCUT2D eigenvalue weighted by Gasteiger charge is -2.40. The molecule has 2 atom stereocenters. The number of rotatable bonds is 5. The van der Waals surface area contributed by atoms with Crippen LogP contribution in [-0.2, 0) is 6.18 Å². The molecule has 1 aromatic carbocycles. The van der Waals surface area contributed by atoms with E-state index in [1.807, 2.05) is 6.92 Å². The van der Waals surface area contributed by atoms with Gasteiger partial charge in [-0.1, -0.05) is 13.0 Å². The maximum Gasteiger partial charge on any atom is 0.419 e. The molecule has 0 aliphatic carbocycles. The largest absolute Gasteiger partial charge is 0.419 e. The number of carbonyl (C=O) groups excluding carboxylic acids is 1. The molecule has 1 N–H and O–H groups in total. The van der Waals surface area contributed by atoms with E-state index >= 15 is 4.39 Å². The van der Waals surface area contributed by atoms with Crippen LogP contribution in [0.1, 0.15) is 41.3 Å². The predicted octanol–water partition coefficient (Wildman–Crippen LogP) is 4.75. The minimum atomic E-state index is -4.52. The Morgan fingerprint density at radius 2 is 1.83 bits per heavy atom. The number of amides is 1. The molecule has 3 aromatic rings. The number of piperidine rings is 1. The van der Waals surface area contributed by atoms with Gasteiger partial charge in [0.05, 0.1) is 22.7 Å². The van der Waals surface area contributed by atoms with Crippen molar-refractivity contribution in [1.29, 1.82) is 0 Å². The molecular weight excluding hydrogens is 464 g/mol. The van der Waals surface area contributed by atoms with Crippen LogP contribution in [0.4, 0.5) is 23.5 Å². The average Bonchev–Trinajstić information content (AvgIpc) is 2.84. The quantitative estimate of drug-likeness (QED) is 0.522. The SMILES string of the molecule is Cc1ccc(C(=O)N2CCC[C@@H](C)[C@H]2CNc2ncc(C(F)(F)F)cn2)c(-c2ncccn2)c1F. The van der Waals surface area contributed by atoms with E-state index in [0.717, 1.165) is 12.8 Å². The van der Waals surface area contributed by atoms with Crippen molar-refractivity contribution in [2.45, 2.75) is 38.9 Å². The maximum absolute atomic E-state index is 15.2. The topological polar surface area (TPSA) is 83.9 Å². The van der Waals surface area contributed by atoms with Crippen molar-refractivity contribution in [3.8, 4) is 11.4 Å². The standard InChI is InChI=1S/C24H24F4N6O/c1-14-5-3-10-34(18(14)13-33-23-31-11-16(12-32-23)24(26,27)28)22(35)17-7-6-15(2)20(25)19(17)21-29-8-4-9-30-21/h4,6-9,11-12,14,18H,3,5,10,13H2,1-2H3,(H,31,32,33)/t14-,18-/m1/s1. The van der Waals surface area contributed by atoms with E-state index in [-0.39, 0.29) is 47.3 Å². The van der Waals surface area contributed by atoms with Crippen LogP contribution in [0.15, 0.2) is 43.0 Å². The minimum absolute atomic E-state index is 0.0305. The zero-order valence-corrected chi connectivity index (χ0v) is 19.2. The zero-order chi connectivity index (χ0) is 25.2. The molecule has 11 heteroatoms. The maximum atomic E-state index is 15.2. The van der Waals surface area contributed by atoms with E-state index in [1.54, 1.807) is 30.0 Å². The Morgan fingerprint density at radius 3 is 2.49 bits per heavy atom. The summed E-state index contributed by atoms with van der Waals surface area (Å²) in [6, 6.07) is 4.42. The summed E-state index contributed by atoms with van der Waals surface area (Å²) >= 11 is 0. The number of hydrogen-bond acceptors (Lipinski definition) is 6. The van der Waals surface area contributed by atoms with Crippen molar-refractivity contribution in [3.05, 3.63) is 65.5 Å². The lowest BCUT2D eigenvalue weighted by atomic mass is 9.89. The lowest BCUT2D eigenvalue weighted by molar-refractivity contribution is -0.138. The first-order valence-electron chi connectivity index (χ1n) is 11.2. The Morgan fingerprint density at radius 1 is 1.14 bits per heavy atom. The first-order chi connectivity index (χ1) is 16.7. The van der Waals surface area contributed by atoms with Crippen molar-refractivity contribution < 1.29 is 22.4 Å². The summed E-state index contributed by atoms with van der Waals surface area (Å²) in [5, 5.41) is 2.94. The molecule has 1 amide bonds. The van der Waals surface area contributed by atoms with Gasteiger partial charge in [-0.2, -0.15) is 13.2 Å². The first-order valence-corrected chi connectivity index (χ1v) is 11.2. The Bertz CT molecular complexity index is 1190. The molecular formula is C24H24F4N6O. The third-order valence-corrected chi connectivity index (χ3v) is 6.18. The van der Waals surface area contributed by atoms with E-state index in [4.69, 9.17) is 0 Å². The smallest absolute Gasteiger partial charge is 0.352 e. The van der Waals surface area contributed by atoms with Gasteiger partial charge in [-0.05, 0) is 43.4 Å². The van der Waals surface area contributed by atoms with Crippen LogP contribution in [0.3, 0.4) is 0 Å². The fraction of sp³-hybridized carbons (Fsp3) is 0.375. The number of aryl methyl sites for hydroxylation is 1. The fourth-order valence-corrected chi connectivity index (χ4v) is 4.23. The van der Waals surface area contributed by atoms with Crippen LogP contribution in [0, 0.1) is 18.7 Å². The second kappa shape index (κ2) is 9.93. The molecule has 0 spiro atoms. The highest BCUT2D eigenvalue weighted by Gasteiger charge is 2.35. The summed E-state index contributed by atoms with van der Waals surface area (Å²) < 4.78 is 53.5. The summed E-state index contributed by atoms with van der Waals surface area (Å²) in [6.45, 7) is 4.28. The summed E-state index contributed by atoms with van der Waals surface area (Å²) in [7, 11) is 0. The summed E-state index contributed by atoms with van der Waals surface area (Å²) in [5.74, 6) is -0.683. The third kappa shape index (κ3) is 5.23. The molecule has 0 bridgehead atoms. The molecule has 184 valence electrons. The normalized spacial score (nSPS) is 18.4. The van der Waals surface area contributed by atoms with Gasteiger partial charge in [0, 0.05) is 37.9 Å². The van der Waals surface area contributed by atoms with Crippen molar-refractivity contribution in [2.75, 3.05) is 18.4 Å². The van der Waals surface area contributed by atoms with Gasteiger partial charge < -0.3 is 10.2 Å². The molecule has 2 aromatic heterocycles. The van der Waals surface area contributed by atoms with Gasteiger partial charge in [-0.15, -0.1) is 0 Å². The second-order valence-electron chi connectivity index (χ2n) is 8.55. The molecule has 3 heterocycles. The van der Waals surface area contributed by atoms with Crippen molar-refractivity contribution in [2.24, 2.45) is 5.92 Å². The molecule has 0 unspecified atom stereocenters. The van der Waals surface area contributed by atoms with E-state index in [2.05, 4.69) is 25.3 Å².